The topological polar surface area (TPSA) is 98.1 Å². The standard InChI is InChI=1S/C29H47NO5/c1-17(6-9-26(33)30-14-4-5-24(30)27(34)35)20-7-8-21-19-16-25(32)23-15-18(31)10-12-29(23,3)22(19)11-13-28(20,21)2/h17-25,31-32H,4-16H2,1-3H3,(H,34,35)/t17?,18-,19+,20?,21+,22+,23?,24-,25+,28-,29-/m1/s1. The summed E-state index contributed by atoms with van der Waals surface area (Å²) in [4.78, 5) is 26.0. The molecule has 3 N–H and O–H groups in total. The molecule has 4 saturated carbocycles. The van der Waals surface area contributed by atoms with E-state index < -0.39 is 12.0 Å². The summed E-state index contributed by atoms with van der Waals surface area (Å²) >= 11 is 0. The summed E-state index contributed by atoms with van der Waals surface area (Å²) in [5, 5.41) is 31.0. The summed E-state index contributed by atoms with van der Waals surface area (Å²) in [5.74, 6) is 2.27. The number of likely N-dealkylation sites (tertiary alicyclic amines) is 1. The highest BCUT2D eigenvalue weighted by atomic mass is 16.4. The zero-order valence-corrected chi connectivity index (χ0v) is 22.0. The van der Waals surface area contributed by atoms with Crippen LogP contribution in [0.5, 0.6) is 0 Å². The third kappa shape index (κ3) is 4.15. The molecule has 1 saturated heterocycles. The summed E-state index contributed by atoms with van der Waals surface area (Å²) in [5.41, 5.74) is 0.410. The van der Waals surface area contributed by atoms with Gasteiger partial charge in [0.1, 0.15) is 6.04 Å². The second-order valence-electron chi connectivity index (χ2n) is 13.5. The van der Waals surface area contributed by atoms with Gasteiger partial charge in [-0.25, -0.2) is 4.79 Å². The fraction of sp³-hybridized carbons (Fsp3) is 0.931. The van der Waals surface area contributed by atoms with E-state index >= 15 is 0 Å². The van der Waals surface area contributed by atoms with E-state index in [9.17, 15) is 24.9 Å². The molecule has 0 aromatic carbocycles. The van der Waals surface area contributed by atoms with Crippen molar-refractivity contribution in [3.8, 4) is 0 Å². The van der Waals surface area contributed by atoms with Gasteiger partial charge in [0, 0.05) is 13.0 Å². The minimum atomic E-state index is -0.870. The first kappa shape index (κ1) is 25.5. The van der Waals surface area contributed by atoms with Crippen molar-refractivity contribution in [2.24, 2.45) is 46.3 Å². The molecule has 6 heteroatoms. The fourth-order valence-corrected chi connectivity index (χ4v) is 10.3. The molecule has 0 aromatic rings. The van der Waals surface area contributed by atoms with Gasteiger partial charge < -0.3 is 20.2 Å². The molecule has 3 unspecified atom stereocenters. The third-order valence-corrected chi connectivity index (χ3v) is 12.1. The van der Waals surface area contributed by atoms with Crippen LogP contribution in [0.2, 0.25) is 0 Å². The zero-order chi connectivity index (χ0) is 25.1. The van der Waals surface area contributed by atoms with E-state index in [-0.39, 0.29) is 34.9 Å². The molecule has 1 amide bonds. The van der Waals surface area contributed by atoms with E-state index in [2.05, 4.69) is 20.8 Å². The quantitative estimate of drug-likeness (QED) is 0.529. The Hall–Kier alpha value is -1.14. The van der Waals surface area contributed by atoms with Crippen molar-refractivity contribution in [3.63, 3.8) is 0 Å². The number of carboxylic acid groups (broad SMARTS) is 1. The maximum atomic E-state index is 12.9. The molecule has 11 atom stereocenters. The van der Waals surface area contributed by atoms with Crippen molar-refractivity contribution >= 4 is 11.9 Å². The Bertz CT molecular complexity index is 832. The zero-order valence-electron chi connectivity index (χ0n) is 22.0. The number of nitrogens with zero attached hydrogens (tertiary/aromatic N) is 1. The number of amides is 1. The van der Waals surface area contributed by atoms with E-state index in [0.29, 0.717) is 49.0 Å². The lowest BCUT2D eigenvalue weighted by atomic mass is 9.44. The van der Waals surface area contributed by atoms with Gasteiger partial charge in [0.15, 0.2) is 0 Å². The van der Waals surface area contributed by atoms with E-state index in [0.717, 1.165) is 38.5 Å². The molecule has 1 aliphatic heterocycles. The smallest absolute Gasteiger partial charge is 0.326 e. The number of aliphatic hydroxyl groups is 2. The van der Waals surface area contributed by atoms with E-state index in [1.54, 1.807) is 4.90 Å². The van der Waals surface area contributed by atoms with Crippen LogP contribution >= 0.6 is 0 Å². The lowest BCUT2D eigenvalue weighted by Gasteiger charge is -2.62. The van der Waals surface area contributed by atoms with Crippen molar-refractivity contribution in [1.82, 2.24) is 4.90 Å². The van der Waals surface area contributed by atoms with E-state index in [1.807, 2.05) is 0 Å². The van der Waals surface area contributed by atoms with Crippen LogP contribution in [0.25, 0.3) is 0 Å². The van der Waals surface area contributed by atoms with Crippen LogP contribution in [0.1, 0.15) is 97.8 Å². The van der Waals surface area contributed by atoms with Crippen LogP contribution in [0.3, 0.4) is 0 Å². The Balaban J connectivity index is 1.25. The van der Waals surface area contributed by atoms with Crippen LogP contribution in [0.15, 0.2) is 0 Å². The Kier molecular flexibility index (Phi) is 6.78. The van der Waals surface area contributed by atoms with Gasteiger partial charge in [0.05, 0.1) is 12.2 Å². The molecule has 6 nitrogen and oxygen atoms in total. The van der Waals surface area contributed by atoms with Crippen LogP contribution in [0.4, 0.5) is 0 Å². The van der Waals surface area contributed by atoms with Gasteiger partial charge >= 0.3 is 5.97 Å². The first-order valence-corrected chi connectivity index (χ1v) is 14.4. The number of aliphatic carboxylic acids is 1. The fourth-order valence-electron chi connectivity index (χ4n) is 10.3. The first-order chi connectivity index (χ1) is 16.6. The predicted molar refractivity (Wildman–Crippen MR) is 133 cm³/mol. The third-order valence-electron chi connectivity index (χ3n) is 12.1. The Labute approximate surface area is 210 Å². The monoisotopic (exact) mass is 489 g/mol. The van der Waals surface area contributed by atoms with Crippen LogP contribution in [-0.2, 0) is 9.59 Å². The number of hydrogen-bond acceptors (Lipinski definition) is 4. The van der Waals surface area contributed by atoms with Crippen molar-refractivity contribution in [1.29, 1.82) is 0 Å². The molecule has 35 heavy (non-hydrogen) atoms. The molecular formula is C29H47NO5. The highest BCUT2D eigenvalue weighted by Crippen LogP contribution is 2.68. The second kappa shape index (κ2) is 9.31. The van der Waals surface area contributed by atoms with Gasteiger partial charge in [0.25, 0.3) is 0 Å². The normalized spacial score (nSPS) is 48.1. The highest BCUT2D eigenvalue weighted by Gasteiger charge is 2.62. The average molecular weight is 490 g/mol. The molecule has 5 aliphatic rings. The lowest BCUT2D eigenvalue weighted by Crippen LogP contribution is -2.58. The van der Waals surface area contributed by atoms with Crippen molar-refractivity contribution in [3.05, 3.63) is 0 Å². The minimum Gasteiger partial charge on any atom is -0.480 e. The number of aliphatic hydroxyl groups excluding tert-OH is 2. The van der Waals surface area contributed by atoms with Crippen molar-refractivity contribution < 1.29 is 24.9 Å². The number of carbonyl (C=O) groups is 2. The molecule has 5 fully saturated rings. The second-order valence-corrected chi connectivity index (χ2v) is 13.5. The molecule has 0 radical (unpaired) electrons. The molecular weight excluding hydrogens is 442 g/mol. The number of carboxylic acids is 1. The number of hydrogen-bond donors (Lipinski definition) is 3. The van der Waals surface area contributed by atoms with Crippen molar-refractivity contribution in [2.45, 2.75) is 116 Å². The van der Waals surface area contributed by atoms with Crippen LogP contribution in [0, 0.1) is 46.3 Å². The maximum absolute atomic E-state index is 12.9. The largest absolute Gasteiger partial charge is 0.480 e. The molecule has 0 bridgehead atoms. The Morgan fingerprint density at radius 1 is 0.943 bits per heavy atom. The van der Waals surface area contributed by atoms with Gasteiger partial charge in [-0.2, -0.15) is 0 Å². The maximum Gasteiger partial charge on any atom is 0.326 e. The molecule has 0 spiro atoms. The van der Waals surface area contributed by atoms with E-state index in [4.69, 9.17) is 0 Å². The average Bonchev–Trinajstić information content (AvgIpc) is 3.43. The highest BCUT2D eigenvalue weighted by molar-refractivity contribution is 5.84. The SMILES string of the molecule is CC(CCC(=O)N1CCC[C@@H]1C(=O)O)C1CC[C@H]2[C@@H]3C[C@H](O)C4C[C@H](O)CC[C@]4(C)[C@H]3CC[C@]12C. The molecule has 198 valence electrons. The number of fused-ring (bicyclic) bond motifs is 5. The summed E-state index contributed by atoms with van der Waals surface area (Å²) in [7, 11) is 0. The van der Waals surface area contributed by atoms with Crippen molar-refractivity contribution in [2.75, 3.05) is 6.54 Å². The number of rotatable bonds is 5. The minimum absolute atomic E-state index is 0.0130. The summed E-state index contributed by atoms with van der Waals surface area (Å²) in [6.45, 7) is 7.80. The Morgan fingerprint density at radius 3 is 2.40 bits per heavy atom. The lowest BCUT2D eigenvalue weighted by molar-refractivity contribution is -0.172. The van der Waals surface area contributed by atoms with Gasteiger partial charge in [-0.05, 0) is 117 Å². The number of carbonyl (C=O) groups excluding carboxylic acids is 1. The molecule has 1 heterocycles. The van der Waals surface area contributed by atoms with Gasteiger partial charge in [-0.3, -0.25) is 4.79 Å². The van der Waals surface area contributed by atoms with Gasteiger partial charge in [0.2, 0.25) is 5.91 Å². The van der Waals surface area contributed by atoms with Crippen LogP contribution in [-0.4, -0.2) is 56.9 Å². The summed E-state index contributed by atoms with van der Waals surface area (Å²) < 4.78 is 0. The summed E-state index contributed by atoms with van der Waals surface area (Å²) in [6, 6.07) is -0.634. The van der Waals surface area contributed by atoms with Gasteiger partial charge in [-0.1, -0.05) is 20.8 Å². The predicted octanol–water partition coefficient (Wildman–Crippen LogP) is 4.47. The van der Waals surface area contributed by atoms with Gasteiger partial charge in [-0.15, -0.1) is 0 Å². The molecule has 5 rings (SSSR count). The molecule has 0 aromatic heterocycles. The Morgan fingerprint density at radius 2 is 1.66 bits per heavy atom. The first-order valence-electron chi connectivity index (χ1n) is 14.4. The van der Waals surface area contributed by atoms with Crippen LogP contribution < -0.4 is 0 Å². The van der Waals surface area contributed by atoms with E-state index in [1.165, 1.54) is 25.7 Å². The summed E-state index contributed by atoms with van der Waals surface area (Å²) in [6.07, 6.45) is 10.6. The molecule has 4 aliphatic carbocycles.